The average molecular weight is 279 g/mol. The maximum Gasteiger partial charge on any atom is 0.163 e. The number of H-pyrrole nitrogens is 1. The van der Waals surface area contributed by atoms with Crippen LogP contribution in [0, 0.1) is 0 Å². The van der Waals surface area contributed by atoms with Gasteiger partial charge in [0.1, 0.15) is 5.82 Å². The summed E-state index contributed by atoms with van der Waals surface area (Å²) in [6.07, 6.45) is 1.73. The van der Waals surface area contributed by atoms with E-state index in [0.717, 1.165) is 29.7 Å². The molecule has 2 aromatic rings. The number of fused-ring (bicyclic) bond motifs is 1. The molecule has 0 saturated carbocycles. The van der Waals surface area contributed by atoms with E-state index < -0.39 is 0 Å². The number of nitrogens with zero attached hydrogens (tertiary/aromatic N) is 1. The first kappa shape index (κ1) is 14.6. The fraction of sp³-hybridized carbons (Fsp3) is 0.500. The van der Waals surface area contributed by atoms with Crippen molar-refractivity contribution < 1.29 is 14.2 Å². The van der Waals surface area contributed by atoms with Crippen molar-refractivity contribution in [3.63, 3.8) is 0 Å². The van der Waals surface area contributed by atoms with E-state index in [2.05, 4.69) is 9.97 Å². The van der Waals surface area contributed by atoms with Crippen LogP contribution in [0.1, 0.15) is 24.7 Å². The number of hydrogen-bond acceptors (Lipinski definition) is 5. The molecule has 1 atom stereocenters. The van der Waals surface area contributed by atoms with Gasteiger partial charge in [0.05, 0.1) is 31.3 Å². The van der Waals surface area contributed by atoms with Crippen LogP contribution in [0.5, 0.6) is 11.5 Å². The van der Waals surface area contributed by atoms with E-state index in [1.54, 1.807) is 21.3 Å². The van der Waals surface area contributed by atoms with Crippen LogP contribution in [0.4, 0.5) is 0 Å². The number of methoxy groups -OCH3 is 3. The summed E-state index contributed by atoms with van der Waals surface area (Å²) in [6, 6.07) is 3.58. The molecule has 0 aliphatic carbocycles. The Labute approximate surface area is 118 Å². The summed E-state index contributed by atoms with van der Waals surface area (Å²) >= 11 is 0. The Hall–Kier alpha value is -1.79. The molecule has 0 fully saturated rings. The van der Waals surface area contributed by atoms with Crippen molar-refractivity contribution >= 4 is 11.0 Å². The fourth-order valence-corrected chi connectivity index (χ4v) is 2.12. The number of nitrogens with one attached hydrogen (secondary N) is 1. The van der Waals surface area contributed by atoms with E-state index >= 15 is 0 Å². The molecule has 0 amide bonds. The molecular weight excluding hydrogens is 258 g/mol. The molecule has 20 heavy (non-hydrogen) atoms. The molecule has 0 aliphatic heterocycles. The zero-order valence-electron chi connectivity index (χ0n) is 12.1. The predicted octanol–water partition coefficient (Wildman–Crippen LogP) is 2.01. The molecular formula is C14H21N3O3. The number of imidazole rings is 1. The van der Waals surface area contributed by atoms with E-state index in [-0.39, 0.29) is 6.04 Å². The summed E-state index contributed by atoms with van der Waals surface area (Å²) in [7, 11) is 4.90. The lowest BCUT2D eigenvalue weighted by Gasteiger charge is -2.07. The first-order valence-electron chi connectivity index (χ1n) is 6.55. The Morgan fingerprint density at radius 1 is 1.20 bits per heavy atom. The highest BCUT2D eigenvalue weighted by Gasteiger charge is 2.14. The molecule has 1 heterocycles. The van der Waals surface area contributed by atoms with Crippen LogP contribution in [0.2, 0.25) is 0 Å². The van der Waals surface area contributed by atoms with Crippen molar-refractivity contribution in [2.24, 2.45) is 5.73 Å². The number of benzene rings is 1. The highest BCUT2D eigenvalue weighted by molar-refractivity contribution is 5.79. The van der Waals surface area contributed by atoms with E-state index in [4.69, 9.17) is 19.9 Å². The van der Waals surface area contributed by atoms with Crippen LogP contribution < -0.4 is 15.2 Å². The van der Waals surface area contributed by atoms with Gasteiger partial charge in [-0.15, -0.1) is 0 Å². The van der Waals surface area contributed by atoms with Gasteiger partial charge < -0.3 is 24.9 Å². The van der Waals surface area contributed by atoms with Gasteiger partial charge >= 0.3 is 0 Å². The number of aromatic nitrogens is 2. The Bertz CT molecular complexity index is 527. The van der Waals surface area contributed by atoms with Crippen LogP contribution in [0.25, 0.3) is 11.0 Å². The second kappa shape index (κ2) is 6.58. The van der Waals surface area contributed by atoms with Gasteiger partial charge in [0.2, 0.25) is 0 Å². The molecule has 3 N–H and O–H groups in total. The summed E-state index contributed by atoms with van der Waals surface area (Å²) in [6.45, 7) is 0.704. The van der Waals surface area contributed by atoms with Crippen molar-refractivity contribution in [1.29, 1.82) is 0 Å². The molecule has 0 saturated heterocycles. The molecule has 0 bridgehead atoms. The van der Waals surface area contributed by atoms with Crippen LogP contribution in [0.3, 0.4) is 0 Å². The van der Waals surface area contributed by atoms with Gasteiger partial charge in [-0.05, 0) is 12.8 Å². The minimum absolute atomic E-state index is 0.130. The minimum atomic E-state index is -0.130. The smallest absolute Gasteiger partial charge is 0.163 e. The summed E-state index contributed by atoms with van der Waals surface area (Å²) in [5.41, 5.74) is 7.84. The number of aromatic amines is 1. The van der Waals surface area contributed by atoms with Crippen LogP contribution in [-0.2, 0) is 4.74 Å². The third kappa shape index (κ3) is 3.02. The normalized spacial score (nSPS) is 12.6. The standard InChI is InChI=1S/C14H21N3O3/c1-18-6-4-5-9(15)14-16-10-7-12(19-2)13(20-3)8-11(10)17-14/h7-9H,4-6,15H2,1-3H3,(H,16,17). The van der Waals surface area contributed by atoms with Gasteiger partial charge in [-0.3, -0.25) is 0 Å². The Morgan fingerprint density at radius 2 is 1.90 bits per heavy atom. The Kier molecular flexibility index (Phi) is 4.81. The molecule has 0 spiro atoms. The lowest BCUT2D eigenvalue weighted by Crippen LogP contribution is -2.12. The van der Waals surface area contributed by atoms with E-state index in [1.165, 1.54) is 0 Å². The second-order valence-electron chi connectivity index (χ2n) is 4.59. The van der Waals surface area contributed by atoms with E-state index in [9.17, 15) is 0 Å². The minimum Gasteiger partial charge on any atom is -0.493 e. The topological polar surface area (TPSA) is 82.4 Å². The fourth-order valence-electron chi connectivity index (χ4n) is 2.12. The SMILES string of the molecule is COCCCC(N)c1nc2cc(OC)c(OC)cc2[nH]1. The highest BCUT2D eigenvalue weighted by atomic mass is 16.5. The maximum atomic E-state index is 6.13. The van der Waals surface area contributed by atoms with Gasteiger partial charge in [-0.2, -0.15) is 0 Å². The van der Waals surface area contributed by atoms with Gasteiger partial charge in [0, 0.05) is 25.8 Å². The second-order valence-corrected chi connectivity index (χ2v) is 4.59. The highest BCUT2D eigenvalue weighted by Crippen LogP contribution is 2.31. The molecule has 1 unspecified atom stereocenters. The summed E-state index contributed by atoms with van der Waals surface area (Å²) in [5.74, 6) is 2.10. The van der Waals surface area contributed by atoms with Crippen molar-refractivity contribution in [1.82, 2.24) is 9.97 Å². The zero-order valence-corrected chi connectivity index (χ0v) is 12.1. The number of nitrogens with two attached hydrogens (primary N) is 1. The molecule has 0 aliphatic rings. The lowest BCUT2D eigenvalue weighted by atomic mass is 10.1. The molecule has 2 rings (SSSR count). The molecule has 1 aromatic heterocycles. The number of rotatable bonds is 7. The average Bonchev–Trinajstić information content (AvgIpc) is 2.88. The van der Waals surface area contributed by atoms with E-state index in [0.29, 0.717) is 18.1 Å². The summed E-state index contributed by atoms with van der Waals surface area (Å²) in [4.78, 5) is 7.75. The lowest BCUT2D eigenvalue weighted by molar-refractivity contribution is 0.190. The third-order valence-electron chi connectivity index (χ3n) is 3.22. The summed E-state index contributed by atoms with van der Waals surface area (Å²) in [5, 5.41) is 0. The van der Waals surface area contributed by atoms with Gasteiger partial charge in [-0.25, -0.2) is 4.98 Å². The first-order valence-corrected chi connectivity index (χ1v) is 6.55. The molecule has 6 heteroatoms. The number of hydrogen-bond donors (Lipinski definition) is 2. The quantitative estimate of drug-likeness (QED) is 0.758. The van der Waals surface area contributed by atoms with Crippen molar-refractivity contribution in [2.45, 2.75) is 18.9 Å². The van der Waals surface area contributed by atoms with Crippen LogP contribution in [0.15, 0.2) is 12.1 Å². The largest absolute Gasteiger partial charge is 0.493 e. The molecule has 0 radical (unpaired) electrons. The van der Waals surface area contributed by atoms with Crippen LogP contribution >= 0.6 is 0 Å². The molecule has 6 nitrogen and oxygen atoms in total. The van der Waals surface area contributed by atoms with Crippen molar-refractivity contribution in [3.8, 4) is 11.5 Å². The van der Waals surface area contributed by atoms with Crippen molar-refractivity contribution in [2.75, 3.05) is 27.9 Å². The van der Waals surface area contributed by atoms with Gasteiger partial charge in [-0.1, -0.05) is 0 Å². The van der Waals surface area contributed by atoms with Crippen molar-refractivity contribution in [3.05, 3.63) is 18.0 Å². The third-order valence-corrected chi connectivity index (χ3v) is 3.22. The maximum absolute atomic E-state index is 6.13. The Morgan fingerprint density at radius 3 is 2.55 bits per heavy atom. The summed E-state index contributed by atoms with van der Waals surface area (Å²) < 4.78 is 15.6. The number of ether oxygens (including phenoxy) is 3. The van der Waals surface area contributed by atoms with Gasteiger partial charge in [0.15, 0.2) is 11.5 Å². The predicted molar refractivity (Wildman–Crippen MR) is 77.2 cm³/mol. The van der Waals surface area contributed by atoms with Gasteiger partial charge in [0.25, 0.3) is 0 Å². The van der Waals surface area contributed by atoms with Crippen LogP contribution in [-0.4, -0.2) is 37.9 Å². The monoisotopic (exact) mass is 279 g/mol. The Balaban J connectivity index is 2.24. The van der Waals surface area contributed by atoms with E-state index in [1.807, 2.05) is 12.1 Å². The first-order chi connectivity index (χ1) is 9.69. The zero-order chi connectivity index (χ0) is 14.5. The molecule has 110 valence electrons. The molecule has 1 aromatic carbocycles.